The van der Waals surface area contributed by atoms with Crippen LogP contribution in [0.5, 0.6) is 0 Å². The molecule has 1 spiro atoms. The summed E-state index contributed by atoms with van der Waals surface area (Å²) in [4.78, 5) is 21.3. The molecule has 0 amide bonds. The van der Waals surface area contributed by atoms with Crippen LogP contribution in [0, 0.1) is 5.41 Å². The van der Waals surface area contributed by atoms with Crippen LogP contribution >= 0.6 is 11.6 Å². The van der Waals surface area contributed by atoms with E-state index in [1.54, 1.807) is 12.1 Å². The van der Waals surface area contributed by atoms with Gasteiger partial charge in [-0.1, -0.05) is 29.8 Å². The van der Waals surface area contributed by atoms with Gasteiger partial charge in [0.25, 0.3) is 0 Å². The van der Waals surface area contributed by atoms with Gasteiger partial charge in [-0.15, -0.1) is 0 Å². The second-order valence-corrected chi connectivity index (χ2v) is 8.65. The lowest BCUT2D eigenvalue weighted by atomic mass is 10.0. The van der Waals surface area contributed by atoms with Crippen molar-refractivity contribution in [3.63, 3.8) is 0 Å². The maximum absolute atomic E-state index is 11.6. The maximum Gasteiger partial charge on any atom is 0.337 e. The fourth-order valence-electron chi connectivity index (χ4n) is 4.16. The number of rotatable bonds is 5. The molecule has 2 N–H and O–H groups in total. The SMILES string of the molecule is COC(=O)c1ccc(CNc2nc([C@@H]3CC4(CC4)CN3)nc3cccc(Cl)c23)cc1. The normalized spacial score (nSPS) is 19.2. The Labute approximate surface area is 180 Å². The topological polar surface area (TPSA) is 76.1 Å². The standard InChI is InChI=1S/C23H23ClN4O2/c1-30-22(29)15-7-5-14(6-8-15)12-25-21-19-16(24)3-2-4-17(19)27-20(28-21)18-11-23(9-10-23)13-26-18/h2-8,18,26H,9-13H2,1H3,(H,25,27,28)/t18-/m0/s1. The highest BCUT2D eigenvalue weighted by Gasteiger charge is 2.49. The van der Waals surface area contributed by atoms with Gasteiger partial charge in [-0.05, 0) is 54.5 Å². The molecule has 1 aromatic heterocycles. The van der Waals surface area contributed by atoms with E-state index in [1.807, 2.05) is 30.3 Å². The number of aromatic nitrogens is 2. The molecule has 2 heterocycles. The molecule has 0 bridgehead atoms. The second kappa shape index (κ2) is 7.52. The summed E-state index contributed by atoms with van der Waals surface area (Å²) in [5.74, 6) is 1.21. The molecule has 1 atom stereocenters. The predicted molar refractivity (Wildman–Crippen MR) is 117 cm³/mol. The minimum absolute atomic E-state index is 0.177. The number of benzene rings is 2. The smallest absolute Gasteiger partial charge is 0.337 e. The van der Waals surface area contributed by atoms with Crippen LogP contribution in [-0.2, 0) is 11.3 Å². The number of carbonyl (C=O) groups excluding carboxylic acids is 1. The first-order valence-electron chi connectivity index (χ1n) is 10.2. The summed E-state index contributed by atoms with van der Waals surface area (Å²) in [5, 5.41) is 8.48. The van der Waals surface area contributed by atoms with Crippen LogP contribution in [0.2, 0.25) is 5.02 Å². The molecular weight excluding hydrogens is 400 g/mol. The lowest BCUT2D eigenvalue weighted by Crippen LogP contribution is -2.17. The number of nitrogens with zero attached hydrogens (tertiary/aromatic N) is 2. The third-order valence-corrected chi connectivity index (χ3v) is 6.47. The summed E-state index contributed by atoms with van der Waals surface area (Å²) in [6.45, 7) is 1.60. The quantitative estimate of drug-likeness (QED) is 0.590. The van der Waals surface area contributed by atoms with Crippen LogP contribution in [0.1, 0.15) is 47.1 Å². The average Bonchev–Trinajstić information content (AvgIpc) is 3.40. The molecule has 1 aliphatic carbocycles. The van der Waals surface area contributed by atoms with Gasteiger partial charge in [0.2, 0.25) is 0 Å². The first-order valence-corrected chi connectivity index (χ1v) is 10.6. The predicted octanol–water partition coefficient (Wildman–Crippen LogP) is 4.50. The summed E-state index contributed by atoms with van der Waals surface area (Å²) in [6, 6.07) is 13.3. The van der Waals surface area contributed by atoms with Gasteiger partial charge in [0.15, 0.2) is 0 Å². The Morgan fingerprint density at radius 3 is 2.73 bits per heavy atom. The third kappa shape index (κ3) is 3.61. The molecule has 154 valence electrons. The number of ether oxygens (including phenoxy) is 1. The van der Waals surface area contributed by atoms with Gasteiger partial charge in [0, 0.05) is 13.1 Å². The first kappa shape index (κ1) is 19.3. The van der Waals surface area contributed by atoms with E-state index in [9.17, 15) is 4.79 Å². The first-order chi connectivity index (χ1) is 14.6. The van der Waals surface area contributed by atoms with Crippen molar-refractivity contribution in [1.29, 1.82) is 0 Å². The summed E-state index contributed by atoms with van der Waals surface area (Å²) in [7, 11) is 1.38. The van der Waals surface area contributed by atoms with Crippen LogP contribution in [0.3, 0.4) is 0 Å². The minimum Gasteiger partial charge on any atom is -0.465 e. The monoisotopic (exact) mass is 422 g/mol. The average molecular weight is 423 g/mol. The Morgan fingerprint density at radius 2 is 2.03 bits per heavy atom. The number of anilines is 1. The van der Waals surface area contributed by atoms with Crippen molar-refractivity contribution in [2.45, 2.75) is 31.8 Å². The Kier molecular flexibility index (Phi) is 4.83. The number of halogens is 1. The van der Waals surface area contributed by atoms with Crippen molar-refractivity contribution in [3.8, 4) is 0 Å². The molecule has 2 fully saturated rings. The highest BCUT2D eigenvalue weighted by molar-refractivity contribution is 6.36. The van der Waals surface area contributed by atoms with E-state index in [0.717, 1.165) is 41.1 Å². The number of hydrogen-bond acceptors (Lipinski definition) is 6. The highest BCUT2D eigenvalue weighted by atomic mass is 35.5. The number of carbonyl (C=O) groups is 1. The van der Waals surface area contributed by atoms with Crippen LogP contribution in [0.15, 0.2) is 42.5 Å². The van der Waals surface area contributed by atoms with E-state index in [-0.39, 0.29) is 12.0 Å². The maximum atomic E-state index is 11.6. The Morgan fingerprint density at radius 1 is 1.23 bits per heavy atom. The fraction of sp³-hybridized carbons (Fsp3) is 0.348. The fourth-order valence-corrected chi connectivity index (χ4v) is 4.42. The number of methoxy groups -OCH3 is 1. The van der Waals surface area contributed by atoms with E-state index in [1.165, 1.54) is 20.0 Å². The number of hydrogen-bond donors (Lipinski definition) is 2. The van der Waals surface area contributed by atoms with E-state index in [0.29, 0.717) is 22.5 Å². The van der Waals surface area contributed by atoms with Gasteiger partial charge in [-0.2, -0.15) is 0 Å². The Hall–Kier alpha value is -2.70. The Balaban J connectivity index is 1.43. The van der Waals surface area contributed by atoms with E-state index in [2.05, 4.69) is 10.6 Å². The lowest BCUT2D eigenvalue weighted by molar-refractivity contribution is 0.0600. The summed E-state index contributed by atoms with van der Waals surface area (Å²) in [6.07, 6.45) is 3.68. The molecule has 0 unspecified atom stereocenters. The third-order valence-electron chi connectivity index (χ3n) is 6.15. The second-order valence-electron chi connectivity index (χ2n) is 8.24. The van der Waals surface area contributed by atoms with E-state index >= 15 is 0 Å². The zero-order chi connectivity index (χ0) is 20.7. The summed E-state index contributed by atoms with van der Waals surface area (Å²) in [5.41, 5.74) is 2.86. The van der Waals surface area contributed by atoms with Gasteiger partial charge >= 0.3 is 5.97 Å². The number of fused-ring (bicyclic) bond motifs is 1. The molecule has 1 aliphatic heterocycles. The van der Waals surface area contributed by atoms with E-state index in [4.69, 9.17) is 26.3 Å². The van der Waals surface area contributed by atoms with Gasteiger partial charge in [0.05, 0.1) is 34.6 Å². The van der Waals surface area contributed by atoms with Crippen LogP contribution in [0.4, 0.5) is 5.82 Å². The van der Waals surface area contributed by atoms with Crippen molar-refractivity contribution >= 4 is 34.3 Å². The molecule has 1 saturated carbocycles. The van der Waals surface area contributed by atoms with Crippen molar-refractivity contribution in [2.75, 3.05) is 19.0 Å². The summed E-state index contributed by atoms with van der Waals surface area (Å²) < 4.78 is 4.76. The largest absolute Gasteiger partial charge is 0.465 e. The minimum atomic E-state index is -0.342. The highest BCUT2D eigenvalue weighted by Crippen LogP contribution is 2.54. The van der Waals surface area contributed by atoms with Crippen LogP contribution in [0.25, 0.3) is 10.9 Å². The molecule has 2 aliphatic rings. The Bertz CT molecular complexity index is 1110. The van der Waals surface area contributed by atoms with Crippen LogP contribution in [-0.4, -0.2) is 29.6 Å². The lowest BCUT2D eigenvalue weighted by Gasteiger charge is -2.15. The zero-order valence-electron chi connectivity index (χ0n) is 16.7. The van der Waals surface area contributed by atoms with Crippen molar-refractivity contribution < 1.29 is 9.53 Å². The molecule has 1 saturated heterocycles. The molecule has 6 nitrogen and oxygen atoms in total. The van der Waals surface area contributed by atoms with Crippen molar-refractivity contribution in [3.05, 3.63) is 64.4 Å². The van der Waals surface area contributed by atoms with Gasteiger partial charge < -0.3 is 15.4 Å². The van der Waals surface area contributed by atoms with E-state index < -0.39 is 0 Å². The van der Waals surface area contributed by atoms with Crippen molar-refractivity contribution in [2.24, 2.45) is 5.41 Å². The van der Waals surface area contributed by atoms with Gasteiger partial charge in [0.1, 0.15) is 11.6 Å². The number of esters is 1. The molecule has 30 heavy (non-hydrogen) atoms. The molecule has 2 aromatic carbocycles. The number of nitrogens with one attached hydrogen (secondary N) is 2. The zero-order valence-corrected chi connectivity index (χ0v) is 17.5. The molecule has 3 aromatic rings. The molecule has 7 heteroatoms. The molecule has 0 radical (unpaired) electrons. The van der Waals surface area contributed by atoms with Gasteiger partial charge in [-0.25, -0.2) is 14.8 Å². The summed E-state index contributed by atoms with van der Waals surface area (Å²) >= 11 is 6.50. The van der Waals surface area contributed by atoms with Gasteiger partial charge in [-0.3, -0.25) is 0 Å². The molecular formula is C23H23ClN4O2. The molecule has 5 rings (SSSR count). The van der Waals surface area contributed by atoms with Crippen molar-refractivity contribution in [1.82, 2.24) is 15.3 Å². The van der Waals surface area contributed by atoms with Crippen LogP contribution < -0.4 is 10.6 Å².